The normalized spacial score (nSPS) is 10.5. The summed E-state index contributed by atoms with van der Waals surface area (Å²) >= 11 is 0. The zero-order valence-electron chi connectivity index (χ0n) is 14.0. The van der Waals surface area contributed by atoms with Gasteiger partial charge in [-0.25, -0.2) is 22.9 Å². The zero-order valence-corrected chi connectivity index (χ0v) is 14.8. The van der Waals surface area contributed by atoms with E-state index in [2.05, 4.69) is 21.2 Å². The minimum Gasteiger partial charge on any atom is -0.481 e. The Morgan fingerprint density at radius 3 is 2.73 bits per heavy atom. The van der Waals surface area contributed by atoms with E-state index in [1.54, 1.807) is 19.1 Å². The minimum absolute atomic E-state index is 0.0271. The molecule has 2 aromatic rings. The zero-order chi connectivity index (χ0) is 19.2. The molecule has 136 valence electrons. The molecule has 0 aliphatic heterocycles. The molecule has 1 aromatic carbocycles. The number of sulfonamides is 1. The lowest BCUT2D eigenvalue weighted by atomic mass is 10.3. The molecule has 2 rings (SSSR count). The lowest BCUT2D eigenvalue weighted by Gasteiger charge is -2.12. The van der Waals surface area contributed by atoms with E-state index in [0.29, 0.717) is 5.69 Å². The molecule has 0 spiro atoms. The van der Waals surface area contributed by atoms with E-state index < -0.39 is 16.1 Å². The molecule has 0 bridgehead atoms. The molecule has 0 unspecified atom stereocenters. The van der Waals surface area contributed by atoms with Crippen LogP contribution >= 0.6 is 0 Å². The third-order valence-electron chi connectivity index (χ3n) is 2.94. The van der Waals surface area contributed by atoms with Crippen molar-refractivity contribution in [1.82, 2.24) is 14.7 Å². The SMILES string of the molecule is C#CCOc1ccccc1S(=O)(=O)NC(=O)Nc1nc(C)cc(OC)n1. The van der Waals surface area contributed by atoms with Crippen molar-refractivity contribution in [2.24, 2.45) is 0 Å². The van der Waals surface area contributed by atoms with Crippen LogP contribution in [0.5, 0.6) is 11.6 Å². The average molecular weight is 376 g/mol. The van der Waals surface area contributed by atoms with Crippen molar-refractivity contribution in [2.45, 2.75) is 11.8 Å². The van der Waals surface area contributed by atoms with Gasteiger partial charge in [-0.1, -0.05) is 18.1 Å². The number of aromatic nitrogens is 2. The number of urea groups is 1. The van der Waals surface area contributed by atoms with Gasteiger partial charge in [0.25, 0.3) is 10.0 Å². The summed E-state index contributed by atoms with van der Waals surface area (Å²) in [5.41, 5.74) is 0.531. The van der Waals surface area contributed by atoms with E-state index in [1.165, 1.54) is 25.3 Å². The van der Waals surface area contributed by atoms with Gasteiger partial charge in [0, 0.05) is 11.8 Å². The first-order valence-electron chi connectivity index (χ1n) is 7.24. The fourth-order valence-electron chi connectivity index (χ4n) is 1.92. The number of anilines is 1. The number of benzene rings is 1. The number of aryl methyl sites for hydroxylation is 1. The van der Waals surface area contributed by atoms with Crippen molar-refractivity contribution < 1.29 is 22.7 Å². The molecular weight excluding hydrogens is 360 g/mol. The Balaban J connectivity index is 2.18. The number of para-hydroxylation sites is 1. The van der Waals surface area contributed by atoms with Crippen LogP contribution in [0.3, 0.4) is 0 Å². The molecule has 2 amide bonds. The molecule has 10 heteroatoms. The number of ether oxygens (including phenoxy) is 2. The summed E-state index contributed by atoms with van der Waals surface area (Å²) in [6.07, 6.45) is 5.11. The maximum Gasteiger partial charge on any atom is 0.335 e. The van der Waals surface area contributed by atoms with Crippen LogP contribution in [0, 0.1) is 19.3 Å². The number of carbonyl (C=O) groups excluding carboxylic acids is 1. The van der Waals surface area contributed by atoms with E-state index in [4.69, 9.17) is 15.9 Å². The first-order chi connectivity index (χ1) is 12.4. The van der Waals surface area contributed by atoms with Gasteiger partial charge in [0.2, 0.25) is 11.8 Å². The maximum atomic E-state index is 12.4. The molecule has 0 saturated carbocycles. The minimum atomic E-state index is -4.21. The highest BCUT2D eigenvalue weighted by Crippen LogP contribution is 2.23. The Morgan fingerprint density at radius 2 is 2.04 bits per heavy atom. The number of rotatable bonds is 6. The molecule has 2 N–H and O–H groups in total. The number of terminal acetylenes is 1. The highest BCUT2D eigenvalue weighted by atomic mass is 32.2. The summed E-state index contributed by atoms with van der Waals surface area (Å²) < 4.78 is 36.9. The average Bonchev–Trinajstić information content (AvgIpc) is 2.59. The third kappa shape index (κ3) is 4.84. The Kier molecular flexibility index (Phi) is 5.98. The van der Waals surface area contributed by atoms with Crippen molar-refractivity contribution >= 4 is 22.0 Å². The second-order valence-corrected chi connectivity index (χ2v) is 6.53. The quantitative estimate of drug-likeness (QED) is 0.730. The topological polar surface area (TPSA) is 120 Å². The van der Waals surface area contributed by atoms with Crippen LogP contribution in [0.25, 0.3) is 0 Å². The van der Waals surface area contributed by atoms with Crippen molar-refractivity contribution in [3.05, 3.63) is 36.0 Å². The Bertz CT molecular complexity index is 953. The van der Waals surface area contributed by atoms with Gasteiger partial charge >= 0.3 is 6.03 Å². The van der Waals surface area contributed by atoms with E-state index >= 15 is 0 Å². The van der Waals surface area contributed by atoms with E-state index in [1.807, 2.05) is 4.72 Å². The van der Waals surface area contributed by atoms with Crippen molar-refractivity contribution in [3.63, 3.8) is 0 Å². The largest absolute Gasteiger partial charge is 0.481 e. The highest BCUT2D eigenvalue weighted by Gasteiger charge is 2.22. The van der Waals surface area contributed by atoms with Gasteiger partial charge < -0.3 is 9.47 Å². The number of hydrogen-bond acceptors (Lipinski definition) is 7. The van der Waals surface area contributed by atoms with Gasteiger partial charge in [-0.05, 0) is 19.1 Å². The summed E-state index contributed by atoms with van der Waals surface area (Å²) in [7, 11) is -2.80. The van der Waals surface area contributed by atoms with Crippen molar-refractivity contribution in [1.29, 1.82) is 0 Å². The summed E-state index contributed by atoms with van der Waals surface area (Å²) in [5, 5.41) is 2.24. The molecule has 1 heterocycles. The molecule has 26 heavy (non-hydrogen) atoms. The lowest BCUT2D eigenvalue weighted by Crippen LogP contribution is -2.35. The molecule has 0 fully saturated rings. The van der Waals surface area contributed by atoms with Gasteiger partial charge in [-0.15, -0.1) is 6.42 Å². The van der Waals surface area contributed by atoms with Gasteiger partial charge in [-0.2, -0.15) is 4.98 Å². The molecule has 0 aliphatic rings. The fraction of sp³-hybridized carbons (Fsp3) is 0.188. The second kappa shape index (κ2) is 8.17. The maximum absolute atomic E-state index is 12.4. The predicted molar refractivity (Wildman–Crippen MR) is 93.4 cm³/mol. The number of nitrogens with one attached hydrogen (secondary N) is 2. The smallest absolute Gasteiger partial charge is 0.335 e. The van der Waals surface area contributed by atoms with Gasteiger partial charge in [0.05, 0.1) is 7.11 Å². The monoisotopic (exact) mass is 376 g/mol. The fourth-order valence-corrected chi connectivity index (χ4v) is 2.97. The molecule has 0 saturated heterocycles. The van der Waals surface area contributed by atoms with Crippen LogP contribution in [0.1, 0.15) is 5.69 Å². The summed E-state index contributed by atoms with van der Waals surface area (Å²) in [4.78, 5) is 19.7. The highest BCUT2D eigenvalue weighted by molar-refractivity contribution is 7.90. The van der Waals surface area contributed by atoms with Crippen LogP contribution < -0.4 is 19.5 Å². The van der Waals surface area contributed by atoms with E-state index in [0.717, 1.165) is 0 Å². The van der Waals surface area contributed by atoms with Crippen LogP contribution in [0.4, 0.5) is 10.7 Å². The van der Waals surface area contributed by atoms with Gasteiger partial charge in [-0.3, -0.25) is 5.32 Å². The number of methoxy groups -OCH3 is 1. The van der Waals surface area contributed by atoms with Crippen LogP contribution in [-0.2, 0) is 10.0 Å². The van der Waals surface area contributed by atoms with Crippen LogP contribution in [0.15, 0.2) is 35.2 Å². The molecule has 0 radical (unpaired) electrons. The standard InChI is InChI=1S/C16H16N4O5S/c1-4-9-25-12-7-5-6-8-13(12)26(22,23)20-16(21)19-15-17-11(2)10-14(18-15)24-3/h1,5-8,10H,9H2,2-3H3,(H2,17,18,19,20,21). The van der Waals surface area contributed by atoms with Crippen molar-refractivity contribution in [3.8, 4) is 24.0 Å². The Morgan fingerprint density at radius 1 is 1.31 bits per heavy atom. The second-order valence-electron chi connectivity index (χ2n) is 4.87. The first-order valence-corrected chi connectivity index (χ1v) is 8.73. The number of amides is 2. The molecule has 9 nitrogen and oxygen atoms in total. The molecule has 0 atom stereocenters. The van der Waals surface area contributed by atoms with Crippen LogP contribution in [-0.4, -0.2) is 38.1 Å². The number of hydrogen-bond donors (Lipinski definition) is 2. The molecule has 0 aliphatic carbocycles. The molecular formula is C16H16N4O5S. The summed E-state index contributed by atoms with van der Waals surface area (Å²) in [5.74, 6) is 2.39. The van der Waals surface area contributed by atoms with E-state index in [-0.39, 0.29) is 29.1 Å². The summed E-state index contributed by atoms with van der Waals surface area (Å²) in [6, 6.07) is 6.30. The Hall–Kier alpha value is -3.32. The number of carbonyl (C=O) groups is 1. The van der Waals surface area contributed by atoms with E-state index in [9.17, 15) is 13.2 Å². The summed E-state index contributed by atoms with van der Waals surface area (Å²) in [6.45, 7) is 1.55. The molecule has 1 aromatic heterocycles. The van der Waals surface area contributed by atoms with Crippen LogP contribution in [0.2, 0.25) is 0 Å². The Labute approximate surface area is 150 Å². The lowest BCUT2D eigenvalue weighted by molar-refractivity contribution is 0.256. The number of nitrogens with zero attached hydrogens (tertiary/aromatic N) is 2. The predicted octanol–water partition coefficient (Wildman–Crippen LogP) is 1.32. The van der Waals surface area contributed by atoms with Gasteiger partial charge in [0.15, 0.2) is 0 Å². The third-order valence-corrected chi connectivity index (χ3v) is 4.31. The first kappa shape index (κ1) is 19.0. The van der Waals surface area contributed by atoms with Crippen molar-refractivity contribution in [2.75, 3.05) is 19.0 Å². The van der Waals surface area contributed by atoms with Gasteiger partial charge in [0.1, 0.15) is 17.3 Å².